The number of imidazole rings is 1. The predicted octanol–water partition coefficient (Wildman–Crippen LogP) is 3.58. The first-order chi connectivity index (χ1) is 15.0. The van der Waals surface area contributed by atoms with Crippen LogP contribution in [0.1, 0.15) is 21.7 Å². The Morgan fingerprint density at radius 2 is 1.94 bits per heavy atom. The Kier molecular flexibility index (Phi) is 7.42. The molecule has 0 saturated heterocycles. The molecule has 31 heavy (non-hydrogen) atoms. The normalized spacial score (nSPS) is 10.7. The van der Waals surface area contributed by atoms with Gasteiger partial charge >= 0.3 is 6.61 Å². The van der Waals surface area contributed by atoms with E-state index in [4.69, 9.17) is 9.47 Å². The number of rotatable bonds is 10. The number of amides is 1. The molecule has 0 bridgehead atoms. The summed E-state index contributed by atoms with van der Waals surface area (Å²) in [6.45, 7) is -2.29. The molecule has 0 aliphatic heterocycles. The Bertz CT molecular complexity index is 1010. The number of aromatic nitrogens is 2. The van der Waals surface area contributed by atoms with Crippen LogP contribution in [0.5, 0.6) is 17.2 Å². The molecular weight excluding hydrogens is 408 g/mol. The number of hydrogen-bond donors (Lipinski definition) is 1. The molecule has 0 unspecified atom stereocenters. The van der Waals surface area contributed by atoms with Crippen molar-refractivity contribution in [3.63, 3.8) is 0 Å². The molecule has 0 atom stereocenters. The SMILES string of the molecule is COc1ccc(CCNC(=O)c2ccc(OCc3nccn3C)cc2)cc1OC(F)F. The largest absolute Gasteiger partial charge is 0.493 e. The highest BCUT2D eigenvalue weighted by Crippen LogP contribution is 2.29. The summed E-state index contributed by atoms with van der Waals surface area (Å²) in [5.74, 6) is 1.36. The molecular formula is C22H23F2N3O4. The fourth-order valence-corrected chi connectivity index (χ4v) is 2.87. The molecule has 164 valence electrons. The van der Waals surface area contributed by atoms with Crippen molar-refractivity contribution in [2.24, 2.45) is 7.05 Å². The molecule has 2 aromatic carbocycles. The minimum Gasteiger partial charge on any atom is -0.493 e. The summed E-state index contributed by atoms with van der Waals surface area (Å²) in [5, 5.41) is 2.80. The zero-order valence-electron chi connectivity index (χ0n) is 17.2. The lowest BCUT2D eigenvalue weighted by Gasteiger charge is -2.12. The number of nitrogens with zero attached hydrogens (tertiary/aromatic N) is 2. The molecule has 0 saturated carbocycles. The first kappa shape index (κ1) is 22.1. The third-order valence-corrected chi connectivity index (χ3v) is 4.55. The number of halogens is 2. The minimum atomic E-state index is -2.94. The third-order valence-electron chi connectivity index (χ3n) is 4.55. The number of methoxy groups -OCH3 is 1. The van der Waals surface area contributed by atoms with Crippen molar-refractivity contribution in [3.05, 3.63) is 71.8 Å². The smallest absolute Gasteiger partial charge is 0.387 e. The van der Waals surface area contributed by atoms with Crippen molar-refractivity contribution in [3.8, 4) is 17.2 Å². The number of hydrogen-bond acceptors (Lipinski definition) is 5. The van der Waals surface area contributed by atoms with Gasteiger partial charge in [0.05, 0.1) is 7.11 Å². The lowest BCUT2D eigenvalue weighted by atomic mass is 10.1. The van der Waals surface area contributed by atoms with Gasteiger partial charge in [-0.05, 0) is 48.4 Å². The standard InChI is InChI=1S/C22H23F2N3O4/c1-27-12-11-25-20(27)14-30-17-6-4-16(5-7-17)21(28)26-10-9-15-3-8-18(29-2)19(13-15)31-22(23)24/h3-8,11-13,22H,9-10,14H2,1-2H3,(H,26,28). The van der Waals surface area contributed by atoms with Crippen LogP contribution in [0.3, 0.4) is 0 Å². The second-order valence-electron chi connectivity index (χ2n) is 6.64. The zero-order valence-corrected chi connectivity index (χ0v) is 17.2. The highest BCUT2D eigenvalue weighted by Gasteiger charge is 2.12. The molecule has 1 N–H and O–H groups in total. The first-order valence-electron chi connectivity index (χ1n) is 9.55. The number of aryl methyl sites for hydroxylation is 1. The van der Waals surface area contributed by atoms with Gasteiger partial charge in [-0.3, -0.25) is 4.79 Å². The quantitative estimate of drug-likeness (QED) is 0.531. The van der Waals surface area contributed by atoms with Crippen LogP contribution in [-0.2, 0) is 20.1 Å². The van der Waals surface area contributed by atoms with Gasteiger partial charge in [-0.25, -0.2) is 4.98 Å². The van der Waals surface area contributed by atoms with Crippen LogP contribution < -0.4 is 19.5 Å². The molecule has 9 heteroatoms. The molecule has 0 aliphatic carbocycles. The minimum absolute atomic E-state index is 0.0394. The van der Waals surface area contributed by atoms with E-state index < -0.39 is 6.61 Å². The van der Waals surface area contributed by atoms with Crippen LogP contribution in [0.15, 0.2) is 54.9 Å². The molecule has 0 radical (unpaired) electrons. The van der Waals surface area contributed by atoms with E-state index in [1.807, 2.05) is 17.8 Å². The van der Waals surface area contributed by atoms with Gasteiger partial charge in [0, 0.05) is 31.5 Å². The van der Waals surface area contributed by atoms with Gasteiger partial charge in [-0.1, -0.05) is 6.07 Å². The number of nitrogens with one attached hydrogen (secondary N) is 1. The number of carbonyl (C=O) groups excluding carboxylic acids is 1. The average molecular weight is 431 g/mol. The molecule has 0 fully saturated rings. The summed E-state index contributed by atoms with van der Waals surface area (Å²) in [5.41, 5.74) is 1.22. The fraction of sp³-hybridized carbons (Fsp3) is 0.273. The van der Waals surface area contributed by atoms with Gasteiger partial charge in [-0.2, -0.15) is 8.78 Å². The average Bonchev–Trinajstić information content (AvgIpc) is 3.17. The van der Waals surface area contributed by atoms with Crippen molar-refractivity contribution in [1.29, 1.82) is 0 Å². The summed E-state index contributed by atoms with van der Waals surface area (Å²) in [4.78, 5) is 16.5. The summed E-state index contributed by atoms with van der Waals surface area (Å²) < 4.78 is 42.1. The van der Waals surface area contributed by atoms with Crippen molar-refractivity contribution < 1.29 is 27.8 Å². The van der Waals surface area contributed by atoms with Gasteiger partial charge in [0.1, 0.15) is 18.2 Å². The van der Waals surface area contributed by atoms with E-state index in [1.165, 1.54) is 13.2 Å². The van der Waals surface area contributed by atoms with Crippen molar-refractivity contribution in [2.45, 2.75) is 19.6 Å². The maximum Gasteiger partial charge on any atom is 0.387 e. The molecule has 1 amide bonds. The molecule has 1 aromatic heterocycles. The Morgan fingerprint density at radius 1 is 1.16 bits per heavy atom. The maximum absolute atomic E-state index is 12.5. The van der Waals surface area contributed by atoms with Crippen LogP contribution in [0, 0.1) is 0 Å². The van der Waals surface area contributed by atoms with E-state index in [2.05, 4.69) is 15.0 Å². The summed E-state index contributed by atoms with van der Waals surface area (Å²) >= 11 is 0. The number of ether oxygens (including phenoxy) is 3. The van der Waals surface area contributed by atoms with E-state index >= 15 is 0 Å². The van der Waals surface area contributed by atoms with Gasteiger partial charge in [0.2, 0.25) is 0 Å². The van der Waals surface area contributed by atoms with Crippen LogP contribution >= 0.6 is 0 Å². The summed E-state index contributed by atoms with van der Waals surface area (Å²) in [7, 11) is 3.26. The Balaban J connectivity index is 1.50. The Hall–Kier alpha value is -3.62. The second-order valence-corrected chi connectivity index (χ2v) is 6.64. The van der Waals surface area contributed by atoms with Crippen LogP contribution in [0.2, 0.25) is 0 Å². The monoisotopic (exact) mass is 431 g/mol. The molecule has 3 rings (SSSR count). The molecule has 7 nitrogen and oxygen atoms in total. The summed E-state index contributed by atoms with van der Waals surface area (Å²) in [6.07, 6.45) is 3.98. The zero-order chi connectivity index (χ0) is 22.2. The number of benzene rings is 2. The summed E-state index contributed by atoms with van der Waals surface area (Å²) in [6, 6.07) is 11.5. The Morgan fingerprint density at radius 3 is 2.58 bits per heavy atom. The Labute approximate surface area is 178 Å². The van der Waals surface area contributed by atoms with Crippen molar-refractivity contribution in [1.82, 2.24) is 14.9 Å². The molecule has 3 aromatic rings. The molecule has 1 heterocycles. The highest BCUT2D eigenvalue weighted by molar-refractivity contribution is 5.94. The molecule has 0 spiro atoms. The van der Waals surface area contributed by atoms with Crippen molar-refractivity contribution in [2.75, 3.05) is 13.7 Å². The van der Waals surface area contributed by atoms with E-state index in [0.29, 0.717) is 30.9 Å². The van der Waals surface area contributed by atoms with Crippen LogP contribution in [-0.4, -0.2) is 35.7 Å². The number of carbonyl (C=O) groups is 1. The van der Waals surface area contributed by atoms with Gasteiger partial charge < -0.3 is 24.1 Å². The second kappa shape index (κ2) is 10.4. The first-order valence-corrected chi connectivity index (χ1v) is 9.55. The lowest BCUT2D eigenvalue weighted by molar-refractivity contribution is -0.0512. The third kappa shape index (κ3) is 6.18. The van der Waals surface area contributed by atoms with Crippen LogP contribution in [0.4, 0.5) is 8.78 Å². The van der Waals surface area contributed by atoms with E-state index in [-0.39, 0.29) is 17.4 Å². The van der Waals surface area contributed by atoms with E-state index in [0.717, 1.165) is 11.4 Å². The highest BCUT2D eigenvalue weighted by atomic mass is 19.3. The van der Waals surface area contributed by atoms with Gasteiger partial charge in [0.15, 0.2) is 11.5 Å². The van der Waals surface area contributed by atoms with E-state index in [1.54, 1.807) is 42.6 Å². The maximum atomic E-state index is 12.5. The predicted molar refractivity (Wildman–Crippen MR) is 110 cm³/mol. The van der Waals surface area contributed by atoms with Gasteiger partial charge in [0.25, 0.3) is 5.91 Å². The number of alkyl halides is 2. The molecule has 0 aliphatic rings. The topological polar surface area (TPSA) is 74.6 Å². The van der Waals surface area contributed by atoms with Crippen LogP contribution in [0.25, 0.3) is 0 Å². The fourth-order valence-electron chi connectivity index (χ4n) is 2.87. The van der Waals surface area contributed by atoms with E-state index in [9.17, 15) is 13.6 Å². The van der Waals surface area contributed by atoms with Gasteiger partial charge in [-0.15, -0.1) is 0 Å². The van der Waals surface area contributed by atoms with Crippen molar-refractivity contribution >= 4 is 5.91 Å². The lowest BCUT2D eigenvalue weighted by Crippen LogP contribution is -2.25.